The Labute approximate surface area is 120 Å². The van der Waals surface area contributed by atoms with Crippen molar-refractivity contribution in [3.63, 3.8) is 0 Å². The number of halogens is 1. The van der Waals surface area contributed by atoms with Crippen molar-refractivity contribution in [1.82, 2.24) is 4.90 Å². The van der Waals surface area contributed by atoms with E-state index in [9.17, 15) is 9.59 Å². The number of nitrogens with two attached hydrogens (primary N) is 1. The quantitative estimate of drug-likeness (QED) is 0.734. The van der Waals surface area contributed by atoms with E-state index in [-0.39, 0.29) is 31.0 Å². The number of likely N-dealkylation sites (tertiary alicyclic amines) is 1. The first-order valence-electron chi connectivity index (χ1n) is 6.06. The van der Waals surface area contributed by atoms with Crippen LogP contribution in [0.2, 0.25) is 0 Å². The van der Waals surface area contributed by atoms with Crippen molar-refractivity contribution < 1.29 is 19.1 Å². The standard InChI is InChI=1S/C12H22N2O4.ClH/c1-12(2,3)18-11(16)14-6-5-9(13)8(7-14)10(15)17-4;/h8-9H,5-7,13H2,1-4H3;1H/t8-,9+;/m0./s1. The van der Waals surface area contributed by atoms with Crippen LogP contribution in [0, 0.1) is 5.92 Å². The lowest BCUT2D eigenvalue weighted by Crippen LogP contribution is -2.53. The molecular formula is C12H23ClN2O4. The molecule has 1 amide bonds. The van der Waals surface area contributed by atoms with Gasteiger partial charge >= 0.3 is 12.1 Å². The molecule has 1 saturated heterocycles. The highest BCUT2D eigenvalue weighted by Crippen LogP contribution is 2.19. The number of piperidine rings is 1. The molecule has 2 atom stereocenters. The van der Waals surface area contributed by atoms with E-state index in [1.165, 1.54) is 12.0 Å². The molecule has 0 aromatic heterocycles. The van der Waals surface area contributed by atoms with E-state index in [2.05, 4.69) is 0 Å². The molecular weight excluding hydrogens is 272 g/mol. The van der Waals surface area contributed by atoms with E-state index >= 15 is 0 Å². The third kappa shape index (κ3) is 5.24. The van der Waals surface area contributed by atoms with Crippen LogP contribution in [0.15, 0.2) is 0 Å². The Kier molecular flexibility index (Phi) is 6.59. The van der Waals surface area contributed by atoms with Crippen LogP contribution in [0.5, 0.6) is 0 Å². The number of carbonyl (C=O) groups is 2. The van der Waals surface area contributed by atoms with Crippen LogP contribution >= 0.6 is 12.4 Å². The monoisotopic (exact) mass is 294 g/mol. The first-order valence-corrected chi connectivity index (χ1v) is 6.06. The van der Waals surface area contributed by atoms with Crippen LogP contribution in [0.25, 0.3) is 0 Å². The summed E-state index contributed by atoms with van der Waals surface area (Å²) in [6.07, 6.45) is 0.155. The molecule has 1 aliphatic rings. The zero-order chi connectivity index (χ0) is 13.9. The number of amides is 1. The van der Waals surface area contributed by atoms with Gasteiger partial charge in [-0.05, 0) is 27.2 Å². The van der Waals surface area contributed by atoms with Crippen molar-refractivity contribution in [2.75, 3.05) is 20.2 Å². The van der Waals surface area contributed by atoms with Gasteiger partial charge in [0.2, 0.25) is 0 Å². The number of ether oxygens (including phenoxy) is 2. The summed E-state index contributed by atoms with van der Waals surface area (Å²) in [7, 11) is 1.32. The molecule has 7 heteroatoms. The molecule has 1 heterocycles. The maximum absolute atomic E-state index is 11.9. The number of nitrogens with zero attached hydrogens (tertiary/aromatic N) is 1. The largest absolute Gasteiger partial charge is 0.469 e. The Balaban J connectivity index is 0.00000324. The minimum atomic E-state index is -0.544. The first-order chi connectivity index (χ1) is 8.24. The van der Waals surface area contributed by atoms with Crippen molar-refractivity contribution in [2.24, 2.45) is 11.7 Å². The van der Waals surface area contributed by atoms with Crippen LogP contribution in [0.4, 0.5) is 4.79 Å². The van der Waals surface area contributed by atoms with Gasteiger partial charge in [-0.15, -0.1) is 12.4 Å². The molecule has 0 aromatic carbocycles. The number of rotatable bonds is 1. The molecule has 0 spiro atoms. The molecule has 19 heavy (non-hydrogen) atoms. The zero-order valence-corrected chi connectivity index (χ0v) is 12.7. The van der Waals surface area contributed by atoms with Gasteiger partial charge in [-0.3, -0.25) is 4.79 Å². The molecule has 6 nitrogen and oxygen atoms in total. The summed E-state index contributed by atoms with van der Waals surface area (Å²) in [5, 5.41) is 0. The fourth-order valence-electron chi connectivity index (χ4n) is 1.86. The molecule has 1 aliphatic heterocycles. The van der Waals surface area contributed by atoms with Gasteiger partial charge in [-0.25, -0.2) is 4.79 Å². The average molecular weight is 295 g/mol. The molecule has 2 N–H and O–H groups in total. The van der Waals surface area contributed by atoms with Gasteiger partial charge in [0.1, 0.15) is 5.60 Å². The second kappa shape index (κ2) is 6.96. The summed E-state index contributed by atoms with van der Waals surface area (Å²) in [5.41, 5.74) is 5.32. The predicted octanol–water partition coefficient (Wildman–Crippen LogP) is 1.17. The highest BCUT2D eigenvalue weighted by atomic mass is 35.5. The summed E-state index contributed by atoms with van der Waals surface area (Å²) >= 11 is 0. The van der Waals surface area contributed by atoms with Crippen LogP contribution in [-0.2, 0) is 14.3 Å². The Morgan fingerprint density at radius 3 is 2.37 bits per heavy atom. The van der Waals surface area contributed by atoms with Gasteiger partial charge in [0.05, 0.1) is 13.0 Å². The van der Waals surface area contributed by atoms with E-state index in [1.54, 1.807) is 20.8 Å². The lowest BCUT2D eigenvalue weighted by molar-refractivity contribution is -0.147. The Morgan fingerprint density at radius 1 is 1.32 bits per heavy atom. The molecule has 0 aromatic rings. The van der Waals surface area contributed by atoms with Crippen LogP contribution in [0.1, 0.15) is 27.2 Å². The first kappa shape index (κ1) is 18.0. The van der Waals surface area contributed by atoms with Crippen molar-refractivity contribution in [1.29, 1.82) is 0 Å². The van der Waals surface area contributed by atoms with E-state index in [4.69, 9.17) is 15.2 Å². The van der Waals surface area contributed by atoms with Gasteiger partial charge in [0, 0.05) is 19.1 Å². The second-order valence-corrected chi connectivity index (χ2v) is 5.51. The van der Waals surface area contributed by atoms with E-state index < -0.39 is 17.6 Å². The zero-order valence-electron chi connectivity index (χ0n) is 11.8. The molecule has 0 radical (unpaired) electrons. The maximum atomic E-state index is 11.9. The van der Waals surface area contributed by atoms with Crippen LogP contribution < -0.4 is 5.73 Å². The molecule has 1 fully saturated rings. The minimum Gasteiger partial charge on any atom is -0.469 e. The topological polar surface area (TPSA) is 81.9 Å². The van der Waals surface area contributed by atoms with Crippen molar-refractivity contribution in [3.05, 3.63) is 0 Å². The van der Waals surface area contributed by atoms with Gasteiger partial charge in [0.15, 0.2) is 0 Å². The SMILES string of the molecule is COC(=O)[C@H]1CN(C(=O)OC(C)(C)C)CC[C@H]1N.Cl. The Morgan fingerprint density at radius 2 is 1.89 bits per heavy atom. The minimum absolute atomic E-state index is 0. The van der Waals surface area contributed by atoms with Crippen LogP contribution in [-0.4, -0.2) is 48.8 Å². The fourth-order valence-corrected chi connectivity index (χ4v) is 1.86. The Bertz CT molecular complexity index is 330. The molecule has 0 bridgehead atoms. The second-order valence-electron chi connectivity index (χ2n) is 5.51. The molecule has 0 unspecified atom stereocenters. The van der Waals surface area contributed by atoms with E-state index in [0.29, 0.717) is 13.0 Å². The summed E-state index contributed by atoms with van der Waals surface area (Å²) < 4.78 is 9.96. The average Bonchev–Trinajstić information content (AvgIpc) is 2.26. The summed E-state index contributed by atoms with van der Waals surface area (Å²) in [6.45, 7) is 6.17. The van der Waals surface area contributed by atoms with Crippen molar-refractivity contribution in [3.8, 4) is 0 Å². The Hall–Kier alpha value is -1.01. The van der Waals surface area contributed by atoms with E-state index in [0.717, 1.165) is 0 Å². The van der Waals surface area contributed by atoms with Gasteiger partial charge in [0.25, 0.3) is 0 Å². The highest BCUT2D eigenvalue weighted by Gasteiger charge is 2.36. The predicted molar refractivity (Wildman–Crippen MR) is 73.2 cm³/mol. The number of methoxy groups -OCH3 is 1. The molecule has 0 aliphatic carbocycles. The normalized spacial score (nSPS) is 23.3. The summed E-state index contributed by atoms with van der Waals surface area (Å²) in [4.78, 5) is 24.9. The fraction of sp³-hybridized carbons (Fsp3) is 0.833. The van der Waals surface area contributed by atoms with Gasteiger partial charge in [-0.2, -0.15) is 0 Å². The summed E-state index contributed by atoms with van der Waals surface area (Å²) in [5.74, 6) is -0.855. The number of hydrogen-bond donors (Lipinski definition) is 1. The van der Waals surface area contributed by atoms with Crippen molar-refractivity contribution >= 4 is 24.5 Å². The lowest BCUT2D eigenvalue weighted by Gasteiger charge is -2.36. The van der Waals surface area contributed by atoms with E-state index in [1.807, 2.05) is 0 Å². The number of esters is 1. The van der Waals surface area contributed by atoms with Gasteiger partial charge in [-0.1, -0.05) is 0 Å². The molecule has 1 rings (SSSR count). The van der Waals surface area contributed by atoms with Crippen LogP contribution in [0.3, 0.4) is 0 Å². The lowest BCUT2D eigenvalue weighted by atomic mass is 9.93. The highest BCUT2D eigenvalue weighted by molar-refractivity contribution is 5.85. The van der Waals surface area contributed by atoms with Crippen molar-refractivity contribution in [2.45, 2.75) is 38.8 Å². The number of carbonyl (C=O) groups excluding carboxylic acids is 2. The summed E-state index contributed by atoms with van der Waals surface area (Å²) in [6, 6.07) is -0.267. The molecule has 0 saturated carbocycles. The third-order valence-corrected chi connectivity index (χ3v) is 2.82. The third-order valence-electron chi connectivity index (χ3n) is 2.82. The van der Waals surface area contributed by atoms with Gasteiger partial charge < -0.3 is 20.1 Å². The number of hydrogen-bond acceptors (Lipinski definition) is 5. The maximum Gasteiger partial charge on any atom is 0.410 e. The molecule has 112 valence electrons. The smallest absolute Gasteiger partial charge is 0.410 e.